The molecule has 6 heteroatoms. The number of amides is 2. The number of anilines is 1. The molecule has 0 aliphatic carbocycles. The van der Waals surface area contributed by atoms with Crippen molar-refractivity contribution < 1.29 is 14.3 Å². The van der Waals surface area contributed by atoms with Gasteiger partial charge < -0.3 is 19.7 Å². The standard InChI is InChI=1S/C20H23N3O3/c24-20(21-17-7-4-8-18-19(17)26-14-13-25-18)23-11-9-22(10-12-23)15-16-5-2-1-3-6-16/h1-8H,9-15H2,(H,21,24). The lowest BCUT2D eigenvalue weighted by Gasteiger charge is -2.35. The first kappa shape index (κ1) is 16.7. The number of rotatable bonds is 3. The number of nitrogens with one attached hydrogen (secondary N) is 1. The first-order valence-electron chi connectivity index (χ1n) is 9.00. The van der Waals surface area contributed by atoms with Crippen LogP contribution in [0, 0.1) is 0 Å². The van der Waals surface area contributed by atoms with E-state index in [0.29, 0.717) is 43.5 Å². The monoisotopic (exact) mass is 353 g/mol. The van der Waals surface area contributed by atoms with Crippen molar-refractivity contribution in [1.82, 2.24) is 9.80 Å². The molecule has 0 aromatic heterocycles. The first-order chi connectivity index (χ1) is 12.8. The Morgan fingerprint density at radius 1 is 0.923 bits per heavy atom. The molecule has 1 fully saturated rings. The van der Waals surface area contributed by atoms with Gasteiger partial charge in [0.1, 0.15) is 13.2 Å². The van der Waals surface area contributed by atoms with E-state index in [1.165, 1.54) is 5.56 Å². The lowest BCUT2D eigenvalue weighted by Crippen LogP contribution is -2.49. The number of urea groups is 1. The van der Waals surface area contributed by atoms with E-state index in [0.717, 1.165) is 19.6 Å². The summed E-state index contributed by atoms with van der Waals surface area (Å²) in [5, 5.41) is 2.97. The zero-order valence-corrected chi connectivity index (χ0v) is 14.7. The third-order valence-corrected chi connectivity index (χ3v) is 4.72. The van der Waals surface area contributed by atoms with Gasteiger partial charge in [0, 0.05) is 32.7 Å². The number of fused-ring (bicyclic) bond motifs is 1. The maximum Gasteiger partial charge on any atom is 0.322 e. The van der Waals surface area contributed by atoms with E-state index < -0.39 is 0 Å². The van der Waals surface area contributed by atoms with Gasteiger partial charge in [-0.05, 0) is 17.7 Å². The zero-order chi connectivity index (χ0) is 17.8. The topological polar surface area (TPSA) is 54.0 Å². The Bertz CT molecular complexity index is 758. The summed E-state index contributed by atoms with van der Waals surface area (Å²) in [5.41, 5.74) is 1.97. The Labute approximate surface area is 153 Å². The van der Waals surface area contributed by atoms with Gasteiger partial charge in [0.15, 0.2) is 11.5 Å². The highest BCUT2D eigenvalue weighted by molar-refractivity contribution is 5.91. The fourth-order valence-electron chi connectivity index (χ4n) is 3.32. The molecule has 2 aliphatic heterocycles. The number of piperazine rings is 1. The number of hydrogen-bond donors (Lipinski definition) is 1. The number of para-hydroxylation sites is 1. The molecule has 136 valence electrons. The molecule has 2 aromatic carbocycles. The van der Waals surface area contributed by atoms with E-state index in [2.05, 4.69) is 34.5 Å². The molecule has 4 rings (SSSR count). The van der Waals surface area contributed by atoms with Crippen LogP contribution in [0.4, 0.5) is 10.5 Å². The Morgan fingerprint density at radius 3 is 2.50 bits per heavy atom. The fraction of sp³-hybridized carbons (Fsp3) is 0.350. The molecular formula is C20H23N3O3. The van der Waals surface area contributed by atoms with Crippen molar-refractivity contribution in [2.45, 2.75) is 6.54 Å². The maximum atomic E-state index is 12.6. The minimum absolute atomic E-state index is 0.0908. The second-order valence-corrected chi connectivity index (χ2v) is 6.51. The smallest absolute Gasteiger partial charge is 0.322 e. The molecule has 1 saturated heterocycles. The Morgan fingerprint density at radius 2 is 1.69 bits per heavy atom. The lowest BCUT2D eigenvalue weighted by atomic mass is 10.2. The molecule has 2 aromatic rings. The molecule has 26 heavy (non-hydrogen) atoms. The van der Waals surface area contributed by atoms with Gasteiger partial charge >= 0.3 is 6.03 Å². The van der Waals surface area contributed by atoms with Crippen molar-refractivity contribution in [3.8, 4) is 11.5 Å². The van der Waals surface area contributed by atoms with Gasteiger partial charge in [0.05, 0.1) is 5.69 Å². The molecule has 0 atom stereocenters. The number of carbonyl (C=O) groups is 1. The van der Waals surface area contributed by atoms with Crippen molar-refractivity contribution in [2.75, 3.05) is 44.7 Å². The minimum atomic E-state index is -0.0908. The average Bonchev–Trinajstić information content (AvgIpc) is 2.70. The largest absolute Gasteiger partial charge is 0.486 e. The van der Waals surface area contributed by atoms with E-state index in [1.54, 1.807) is 0 Å². The second-order valence-electron chi connectivity index (χ2n) is 6.51. The molecule has 6 nitrogen and oxygen atoms in total. The Kier molecular flexibility index (Phi) is 4.93. The number of nitrogens with zero attached hydrogens (tertiary/aromatic N) is 2. The van der Waals surface area contributed by atoms with Crippen LogP contribution in [0.3, 0.4) is 0 Å². The summed E-state index contributed by atoms with van der Waals surface area (Å²) >= 11 is 0. The van der Waals surface area contributed by atoms with E-state index in [4.69, 9.17) is 9.47 Å². The highest BCUT2D eigenvalue weighted by Gasteiger charge is 2.23. The quantitative estimate of drug-likeness (QED) is 0.922. The Hall–Kier alpha value is -2.73. The normalized spacial score (nSPS) is 17.0. The van der Waals surface area contributed by atoms with Crippen LogP contribution in [0.25, 0.3) is 0 Å². The summed E-state index contributed by atoms with van der Waals surface area (Å²) in [6.07, 6.45) is 0. The lowest BCUT2D eigenvalue weighted by molar-refractivity contribution is 0.142. The molecule has 0 spiro atoms. The van der Waals surface area contributed by atoms with E-state index >= 15 is 0 Å². The number of ether oxygens (including phenoxy) is 2. The molecule has 2 amide bonds. The zero-order valence-electron chi connectivity index (χ0n) is 14.7. The third-order valence-electron chi connectivity index (χ3n) is 4.72. The third kappa shape index (κ3) is 3.75. The number of carbonyl (C=O) groups excluding carboxylic acids is 1. The van der Waals surface area contributed by atoms with Crippen LogP contribution < -0.4 is 14.8 Å². The summed E-state index contributed by atoms with van der Waals surface area (Å²) in [6.45, 7) is 5.12. The predicted molar refractivity (Wildman–Crippen MR) is 99.7 cm³/mol. The van der Waals surface area contributed by atoms with Crippen LogP contribution in [0.2, 0.25) is 0 Å². The number of benzene rings is 2. The van der Waals surface area contributed by atoms with Crippen molar-refractivity contribution in [1.29, 1.82) is 0 Å². The van der Waals surface area contributed by atoms with Crippen LogP contribution in [0.5, 0.6) is 11.5 Å². The highest BCUT2D eigenvalue weighted by Crippen LogP contribution is 2.37. The van der Waals surface area contributed by atoms with Crippen molar-refractivity contribution >= 4 is 11.7 Å². The van der Waals surface area contributed by atoms with E-state index in [9.17, 15) is 4.79 Å². The number of hydrogen-bond acceptors (Lipinski definition) is 4. The minimum Gasteiger partial charge on any atom is -0.486 e. The molecule has 2 aliphatic rings. The van der Waals surface area contributed by atoms with E-state index in [1.807, 2.05) is 29.2 Å². The summed E-state index contributed by atoms with van der Waals surface area (Å²) < 4.78 is 11.2. The molecule has 2 heterocycles. The summed E-state index contributed by atoms with van der Waals surface area (Å²) in [5.74, 6) is 1.30. The summed E-state index contributed by atoms with van der Waals surface area (Å²) in [4.78, 5) is 16.8. The van der Waals surface area contributed by atoms with Crippen LogP contribution in [0.15, 0.2) is 48.5 Å². The van der Waals surface area contributed by atoms with Gasteiger partial charge in [-0.15, -0.1) is 0 Å². The molecule has 0 unspecified atom stereocenters. The van der Waals surface area contributed by atoms with Gasteiger partial charge in [-0.1, -0.05) is 36.4 Å². The van der Waals surface area contributed by atoms with E-state index in [-0.39, 0.29) is 6.03 Å². The second kappa shape index (κ2) is 7.66. The van der Waals surface area contributed by atoms with Crippen molar-refractivity contribution in [2.24, 2.45) is 0 Å². The summed E-state index contributed by atoms with van der Waals surface area (Å²) in [7, 11) is 0. The van der Waals surface area contributed by atoms with Gasteiger partial charge in [0.2, 0.25) is 0 Å². The fourth-order valence-corrected chi connectivity index (χ4v) is 3.32. The van der Waals surface area contributed by atoms with Gasteiger partial charge in [0.25, 0.3) is 0 Å². The highest BCUT2D eigenvalue weighted by atomic mass is 16.6. The Balaban J connectivity index is 1.33. The van der Waals surface area contributed by atoms with Gasteiger partial charge in [-0.3, -0.25) is 4.90 Å². The first-order valence-corrected chi connectivity index (χ1v) is 9.00. The molecular weight excluding hydrogens is 330 g/mol. The average molecular weight is 353 g/mol. The maximum absolute atomic E-state index is 12.6. The van der Waals surface area contributed by atoms with Gasteiger partial charge in [-0.2, -0.15) is 0 Å². The van der Waals surface area contributed by atoms with Crippen molar-refractivity contribution in [3.63, 3.8) is 0 Å². The molecule has 0 bridgehead atoms. The van der Waals surface area contributed by atoms with Crippen LogP contribution in [0.1, 0.15) is 5.56 Å². The van der Waals surface area contributed by atoms with Crippen LogP contribution in [-0.2, 0) is 6.54 Å². The molecule has 1 N–H and O–H groups in total. The van der Waals surface area contributed by atoms with Crippen LogP contribution >= 0.6 is 0 Å². The molecule has 0 radical (unpaired) electrons. The predicted octanol–water partition coefficient (Wildman–Crippen LogP) is 2.81. The van der Waals surface area contributed by atoms with Crippen LogP contribution in [-0.4, -0.2) is 55.2 Å². The SMILES string of the molecule is O=C(Nc1cccc2c1OCCO2)N1CCN(Cc2ccccc2)CC1. The van der Waals surface area contributed by atoms with Crippen molar-refractivity contribution in [3.05, 3.63) is 54.1 Å². The van der Waals surface area contributed by atoms with Gasteiger partial charge in [-0.25, -0.2) is 4.79 Å². The molecule has 0 saturated carbocycles. The summed E-state index contributed by atoms with van der Waals surface area (Å²) in [6, 6.07) is 15.9.